The molecule has 1 unspecified atom stereocenters. The highest BCUT2D eigenvalue weighted by Crippen LogP contribution is 2.37. The van der Waals surface area contributed by atoms with Gasteiger partial charge in [0.15, 0.2) is 17.3 Å². The van der Waals surface area contributed by atoms with E-state index < -0.39 is 5.60 Å². The smallest absolute Gasteiger partial charge is 0.167 e. The van der Waals surface area contributed by atoms with E-state index in [4.69, 9.17) is 9.47 Å². The Labute approximate surface area is 176 Å². The number of benzene rings is 2. The predicted molar refractivity (Wildman–Crippen MR) is 112 cm³/mol. The molecule has 6 heteroatoms. The number of rotatable bonds is 5. The number of likely N-dealkylation sites (tertiary alicyclic amines) is 1. The van der Waals surface area contributed by atoms with Gasteiger partial charge in [-0.1, -0.05) is 12.1 Å². The number of piperidine rings is 1. The summed E-state index contributed by atoms with van der Waals surface area (Å²) in [6.45, 7) is 2.02. The normalized spacial score (nSPS) is 21.2. The zero-order chi connectivity index (χ0) is 21.3. The molecule has 0 saturated carbocycles. The van der Waals surface area contributed by atoms with Gasteiger partial charge in [-0.25, -0.2) is 4.39 Å². The van der Waals surface area contributed by atoms with E-state index in [9.17, 15) is 14.3 Å². The maximum atomic E-state index is 13.6. The SMILES string of the molecule is COc1cc2c(cc1OC)C(=O)C(CN1CCC(O)(c3cccc(F)c3)CC1)CC2. The number of nitrogens with zero attached hydrogens (tertiary/aromatic N) is 1. The van der Waals surface area contributed by atoms with Crippen molar-refractivity contribution in [3.05, 3.63) is 58.9 Å². The number of ketones is 1. The fraction of sp³-hybridized carbons (Fsp3) is 0.458. The number of aliphatic hydroxyl groups is 1. The fourth-order valence-corrected chi connectivity index (χ4v) is 4.70. The molecule has 1 saturated heterocycles. The molecule has 160 valence electrons. The van der Waals surface area contributed by atoms with Gasteiger partial charge in [-0.15, -0.1) is 0 Å². The molecule has 0 spiro atoms. The number of hydrogen-bond donors (Lipinski definition) is 1. The summed E-state index contributed by atoms with van der Waals surface area (Å²) < 4.78 is 24.3. The molecular weight excluding hydrogens is 385 g/mol. The number of ether oxygens (including phenoxy) is 2. The zero-order valence-electron chi connectivity index (χ0n) is 17.5. The molecule has 1 atom stereocenters. The maximum Gasteiger partial charge on any atom is 0.167 e. The first-order valence-corrected chi connectivity index (χ1v) is 10.4. The monoisotopic (exact) mass is 413 g/mol. The van der Waals surface area contributed by atoms with Crippen molar-refractivity contribution in [2.24, 2.45) is 5.92 Å². The van der Waals surface area contributed by atoms with Gasteiger partial charge in [0.1, 0.15) is 5.82 Å². The quantitative estimate of drug-likeness (QED) is 0.812. The lowest BCUT2D eigenvalue weighted by molar-refractivity contribution is -0.0285. The Morgan fingerprint density at radius 2 is 1.83 bits per heavy atom. The molecule has 0 amide bonds. The predicted octanol–water partition coefficient (Wildman–Crippen LogP) is 3.57. The number of halogens is 1. The van der Waals surface area contributed by atoms with Crippen LogP contribution in [0, 0.1) is 11.7 Å². The molecule has 0 radical (unpaired) electrons. The minimum Gasteiger partial charge on any atom is -0.493 e. The van der Waals surface area contributed by atoms with Gasteiger partial charge in [0.25, 0.3) is 0 Å². The van der Waals surface area contributed by atoms with E-state index in [1.807, 2.05) is 6.07 Å². The van der Waals surface area contributed by atoms with Crippen LogP contribution in [0.5, 0.6) is 11.5 Å². The highest BCUT2D eigenvalue weighted by molar-refractivity contribution is 6.01. The molecule has 5 nitrogen and oxygen atoms in total. The van der Waals surface area contributed by atoms with E-state index in [0.29, 0.717) is 49.5 Å². The molecule has 1 aliphatic heterocycles. The summed E-state index contributed by atoms with van der Waals surface area (Å²) in [5.41, 5.74) is 1.35. The van der Waals surface area contributed by atoms with Crippen LogP contribution in [0.15, 0.2) is 36.4 Å². The standard InChI is InChI=1S/C24H28FNO4/c1-29-21-12-16-6-7-17(23(27)20(16)14-22(21)30-2)15-26-10-8-24(28,9-11-26)18-4-3-5-19(25)13-18/h3-5,12-14,17,28H,6-11,15H2,1-2H3. The molecule has 0 bridgehead atoms. The second-order valence-corrected chi connectivity index (χ2v) is 8.31. The average molecular weight is 413 g/mol. The van der Waals surface area contributed by atoms with Crippen LogP contribution < -0.4 is 9.47 Å². The van der Waals surface area contributed by atoms with Crippen LogP contribution >= 0.6 is 0 Å². The van der Waals surface area contributed by atoms with E-state index in [0.717, 1.165) is 24.0 Å². The van der Waals surface area contributed by atoms with E-state index >= 15 is 0 Å². The summed E-state index contributed by atoms with van der Waals surface area (Å²) in [4.78, 5) is 15.4. The van der Waals surface area contributed by atoms with Crippen molar-refractivity contribution in [3.8, 4) is 11.5 Å². The summed E-state index contributed by atoms with van der Waals surface area (Å²) in [5.74, 6) is 0.958. The third-order valence-electron chi connectivity index (χ3n) is 6.53. The minimum atomic E-state index is -1.01. The topological polar surface area (TPSA) is 59.0 Å². The van der Waals surface area contributed by atoms with Gasteiger partial charge in [-0.05, 0) is 61.1 Å². The molecule has 4 rings (SSSR count). The maximum absolute atomic E-state index is 13.6. The van der Waals surface area contributed by atoms with Crippen LogP contribution in [0.4, 0.5) is 4.39 Å². The number of carbonyl (C=O) groups is 1. The Kier molecular flexibility index (Phi) is 5.80. The lowest BCUT2D eigenvalue weighted by atomic mass is 9.80. The first-order valence-electron chi connectivity index (χ1n) is 10.4. The summed E-state index contributed by atoms with van der Waals surface area (Å²) in [7, 11) is 3.17. The van der Waals surface area contributed by atoms with Gasteiger partial charge < -0.3 is 19.5 Å². The van der Waals surface area contributed by atoms with E-state index in [-0.39, 0.29) is 17.5 Å². The first-order chi connectivity index (χ1) is 14.4. The molecule has 1 aliphatic carbocycles. The Bertz CT molecular complexity index is 937. The summed E-state index contributed by atoms with van der Waals surface area (Å²) in [6, 6.07) is 9.92. The molecule has 2 aliphatic rings. The lowest BCUT2D eigenvalue weighted by Gasteiger charge is -2.40. The second-order valence-electron chi connectivity index (χ2n) is 8.31. The van der Waals surface area contributed by atoms with Crippen molar-refractivity contribution in [1.82, 2.24) is 4.90 Å². The average Bonchev–Trinajstić information content (AvgIpc) is 2.76. The Morgan fingerprint density at radius 1 is 1.13 bits per heavy atom. The van der Waals surface area contributed by atoms with Crippen LogP contribution in [-0.2, 0) is 12.0 Å². The van der Waals surface area contributed by atoms with Crippen molar-refractivity contribution >= 4 is 5.78 Å². The van der Waals surface area contributed by atoms with E-state index in [1.165, 1.54) is 12.1 Å². The van der Waals surface area contributed by atoms with Crippen LogP contribution in [0.3, 0.4) is 0 Å². The second kappa shape index (κ2) is 8.36. The van der Waals surface area contributed by atoms with Crippen LogP contribution in [0.25, 0.3) is 0 Å². The van der Waals surface area contributed by atoms with E-state index in [2.05, 4.69) is 4.90 Å². The highest BCUT2D eigenvalue weighted by Gasteiger charge is 2.36. The Morgan fingerprint density at radius 3 is 2.50 bits per heavy atom. The molecule has 1 heterocycles. The first kappa shape index (κ1) is 20.8. The zero-order valence-corrected chi connectivity index (χ0v) is 17.5. The van der Waals surface area contributed by atoms with Gasteiger partial charge in [0.05, 0.1) is 19.8 Å². The van der Waals surface area contributed by atoms with Crippen molar-refractivity contribution in [1.29, 1.82) is 0 Å². The molecular formula is C24H28FNO4. The van der Waals surface area contributed by atoms with Crippen LogP contribution in [0.1, 0.15) is 40.7 Å². The van der Waals surface area contributed by atoms with Gasteiger partial charge in [0, 0.05) is 31.1 Å². The third-order valence-corrected chi connectivity index (χ3v) is 6.53. The third kappa shape index (κ3) is 3.94. The minimum absolute atomic E-state index is 0.0732. The fourth-order valence-electron chi connectivity index (χ4n) is 4.70. The van der Waals surface area contributed by atoms with Crippen molar-refractivity contribution in [2.45, 2.75) is 31.3 Å². The van der Waals surface area contributed by atoms with Crippen molar-refractivity contribution in [2.75, 3.05) is 33.9 Å². The number of aryl methyl sites for hydroxylation is 1. The van der Waals surface area contributed by atoms with Gasteiger partial charge in [0.2, 0.25) is 0 Å². The Balaban J connectivity index is 1.42. The summed E-state index contributed by atoms with van der Waals surface area (Å²) in [6.07, 6.45) is 2.68. The number of Topliss-reactive ketones (excluding diaryl/α,β-unsaturated/α-hetero) is 1. The summed E-state index contributed by atoms with van der Waals surface area (Å²) >= 11 is 0. The Hall–Kier alpha value is -2.44. The highest BCUT2D eigenvalue weighted by atomic mass is 19.1. The largest absolute Gasteiger partial charge is 0.493 e. The molecule has 1 N–H and O–H groups in total. The molecule has 30 heavy (non-hydrogen) atoms. The number of hydrogen-bond acceptors (Lipinski definition) is 5. The molecule has 2 aromatic rings. The molecule has 2 aromatic carbocycles. The van der Waals surface area contributed by atoms with Crippen molar-refractivity contribution < 1.29 is 23.8 Å². The van der Waals surface area contributed by atoms with Crippen molar-refractivity contribution in [3.63, 3.8) is 0 Å². The lowest BCUT2D eigenvalue weighted by Crippen LogP contribution is -2.45. The molecule has 0 aromatic heterocycles. The number of carbonyl (C=O) groups excluding carboxylic acids is 1. The number of methoxy groups -OCH3 is 2. The number of fused-ring (bicyclic) bond motifs is 1. The van der Waals surface area contributed by atoms with Gasteiger partial charge in [-0.2, -0.15) is 0 Å². The molecule has 1 fully saturated rings. The van der Waals surface area contributed by atoms with Gasteiger partial charge >= 0.3 is 0 Å². The van der Waals surface area contributed by atoms with Crippen LogP contribution in [-0.4, -0.2) is 49.6 Å². The van der Waals surface area contributed by atoms with Gasteiger partial charge in [-0.3, -0.25) is 4.79 Å². The summed E-state index contributed by atoms with van der Waals surface area (Å²) in [5, 5.41) is 11.0. The van der Waals surface area contributed by atoms with Crippen LogP contribution in [0.2, 0.25) is 0 Å². The van der Waals surface area contributed by atoms with E-state index in [1.54, 1.807) is 32.4 Å².